The number of hydrogen-bond acceptors (Lipinski definition) is 7. The number of carbonyl (C=O) groups excluding carboxylic acids is 1. The minimum Gasteiger partial charge on any atom is -0.493 e. The molecule has 0 fully saturated rings. The number of thioether (sulfide) groups is 1. The lowest BCUT2D eigenvalue weighted by molar-refractivity contribution is -0.143. The number of rotatable bonds is 9. The Morgan fingerprint density at radius 2 is 1.88 bits per heavy atom. The predicted octanol–water partition coefficient (Wildman–Crippen LogP) is 5.25. The van der Waals surface area contributed by atoms with E-state index >= 15 is 0 Å². The first-order valence-electron chi connectivity index (χ1n) is 11.5. The second kappa shape index (κ2) is 10.8. The molecule has 8 heteroatoms. The maximum absolute atomic E-state index is 13.1. The lowest BCUT2D eigenvalue weighted by Gasteiger charge is -2.28. The lowest BCUT2D eigenvalue weighted by Crippen LogP contribution is -2.30. The molecule has 1 atom stereocenters. The van der Waals surface area contributed by atoms with Gasteiger partial charge in [0.25, 0.3) is 0 Å². The van der Waals surface area contributed by atoms with E-state index in [0.29, 0.717) is 29.0 Å². The van der Waals surface area contributed by atoms with Gasteiger partial charge in [-0.05, 0) is 49.8 Å². The normalized spacial score (nSPS) is 15.1. The number of fused-ring (bicyclic) bond motifs is 1. The molecule has 1 unspecified atom stereocenters. The fourth-order valence-electron chi connectivity index (χ4n) is 3.85. The van der Waals surface area contributed by atoms with Crippen LogP contribution in [0, 0.1) is 0 Å². The van der Waals surface area contributed by atoms with Gasteiger partial charge in [-0.15, -0.1) is 5.10 Å². The maximum Gasteiger partial charge on any atom is 0.338 e. The van der Waals surface area contributed by atoms with Gasteiger partial charge in [-0.1, -0.05) is 61.2 Å². The van der Waals surface area contributed by atoms with Crippen LogP contribution in [0.1, 0.15) is 44.9 Å². The molecule has 2 heterocycles. The largest absolute Gasteiger partial charge is 0.493 e. The van der Waals surface area contributed by atoms with Crippen molar-refractivity contribution in [2.24, 2.45) is 0 Å². The molecule has 4 rings (SSSR count). The lowest BCUT2D eigenvalue weighted by atomic mass is 9.95. The number of benzene rings is 2. The zero-order valence-corrected chi connectivity index (χ0v) is 20.8. The highest BCUT2D eigenvalue weighted by Gasteiger charge is 2.35. The van der Waals surface area contributed by atoms with Gasteiger partial charge in [0, 0.05) is 12.1 Å². The Hall–Kier alpha value is -3.26. The van der Waals surface area contributed by atoms with Crippen LogP contribution < -0.4 is 10.1 Å². The highest BCUT2D eigenvalue weighted by atomic mass is 32.2. The highest BCUT2D eigenvalue weighted by Crippen LogP contribution is 2.37. The van der Waals surface area contributed by atoms with Crippen LogP contribution in [0.3, 0.4) is 0 Å². The van der Waals surface area contributed by atoms with Gasteiger partial charge in [0.15, 0.2) is 0 Å². The first kappa shape index (κ1) is 23.9. The smallest absolute Gasteiger partial charge is 0.338 e. The van der Waals surface area contributed by atoms with Crippen molar-refractivity contribution in [1.29, 1.82) is 0 Å². The minimum absolute atomic E-state index is 0.225. The maximum atomic E-state index is 13.1. The highest BCUT2D eigenvalue weighted by molar-refractivity contribution is 7.99. The van der Waals surface area contributed by atoms with Crippen molar-refractivity contribution in [2.75, 3.05) is 17.7 Å². The Morgan fingerprint density at radius 1 is 1.15 bits per heavy atom. The average Bonchev–Trinajstić information content (AvgIpc) is 3.21. The molecule has 0 bridgehead atoms. The van der Waals surface area contributed by atoms with Crippen molar-refractivity contribution in [3.63, 3.8) is 0 Å². The van der Waals surface area contributed by atoms with Crippen LogP contribution in [0.25, 0.3) is 0 Å². The fourth-order valence-corrected chi connectivity index (χ4v) is 4.40. The van der Waals surface area contributed by atoms with Gasteiger partial charge in [0.05, 0.1) is 18.3 Å². The van der Waals surface area contributed by atoms with Crippen LogP contribution in [0.5, 0.6) is 5.75 Å². The third kappa shape index (κ3) is 5.44. The minimum atomic E-state index is -0.445. The third-order valence-electron chi connectivity index (χ3n) is 5.37. The van der Waals surface area contributed by atoms with Crippen LogP contribution in [0.4, 0.5) is 5.95 Å². The van der Waals surface area contributed by atoms with Crippen LogP contribution in [0.2, 0.25) is 0 Å². The van der Waals surface area contributed by atoms with E-state index in [2.05, 4.69) is 34.5 Å². The zero-order valence-electron chi connectivity index (χ0n) is 19.9. The summed E-state index contributed by atoms with van der Waals surface area (Å²) in [4.78, 5) is 17.7. The van der Waals surface area contributed by atoms with E-state index in [1.54, 1.807) is 16.4 Å². The molecule has 178 valence electrons. The molecule has 1 aliphatic heterocycles. The van der Waals surface area contributed by atoms with Crippen molar-refractivity contribution in [3.05, 3.63) is 77.0 Å². The summed E-state index contributed by atoms with van der Waals surface area (Å²) in [5, 5.41) is 8.58. The fraction of sp³-hybridized carbons (Fsp3) is 0.346. The van der Waals surface area contributed by atoms with Crippen molar-refractivity contribution in [1.82, 2.24) is 14.8 Å². The van der Waals surface area contributed by atoms with E-state index in [4.69, 9.17) is 9.47 Å². The van der Waals surface area contributed by atoms with Crippen molar-refractivity contribution >= 4 is 23.7 Å². The van der Waals surface area contributed by atoms with E-state index in [1.807, 2.05) is 63.2 Å². The number of aromatic nitrogens is 3. The van der Waals surface area contributed by atoms with E-state index in [1.165, 1.54) is 5.56 Å². The Balaban J connectivity index is 1.59. The molecule has 0 spiro atoms. The molecule has 0 saturated heterocycles. The monoisotopic (exact) mass is 478 g/mol. The Bertz CT molecular complexity index is 1160. The van der Waals surface area contributed by atoms with Gasteiger partial charge in [-0.25, -0.2) is 9.48 Å². The van der Waals surface area contributed by atoms with Crippen molar-refractivity contribution in [2.45, 2.75) is 51.4 Å². The van der Waals surface area contributed by atoms with E-state index in [0.717, 1.165) is 23.5 Å². The Labute approximate surface area is 204 Å². The average molecular weight is 479 g/mol. The summed E-state index contributed by atoms with van der Waals surface area (Å²) in [6, 6.07) is 17.6. The summed E-state index contributed by atoms with van der Waals surface area (Å²) < 4.78 is 13.3. The number of ether oxygens (including phenoxy) is 2. The van der Waals surface area contributed by atoms with Gasteiger partial charge >= 0.3 is 5.97 Å². The molecule has 7 nitrogen and oxygen atoms in total. The molecule has 0 saturated carbocycles. The molecular formula is C26H30N4O3S. The van der Waals surface area contributed by atoms with Crippen LogP contribution in [-0.4, -0.2) is 39.2 Å². The predicted molar refractivity (Wildman–Crippen MR) is 134 cm³/mol. The van der Waals surface area contributed by atoms with Gasteiger partial charge < -0.3 is 14.8 Å². The quantitative estimate of drug-likeness (QED) is 0.332. The first-order chi connectivity index (χ1) is 16.5. The summed E-state index contributed by atoms with van der Waals surface area (Å²) in [5.41, 5.74) is 3.39. The topological polar surface area (TPSA) is 78.3 Å². The third-order valence-corrected chi connectivity index (χ3v) is 6.09. The van der Waals surface area contributed by atoms with Gasteiger partial charge in [-0.2, -0.15) is 4.98 Å². The molecule has 1 aromatic heterocycles. The zero-order chi connectivity index (χ0) is 24.1. The number of hydrogen-bond donors (Lipinski definition) is 1. The standard InChI is InChI=1S/C26H30N4O3S/c1-5-34-26-28-25-27-18(4)22(24(31)33-17(2)3)23(30(25)29-26)20-11-13-21(14-12-20)32-16-15-19-9-7-6-8-10-19/h6-14,17,23H,5,15-16H2,1-4H3,(H,27,28,29). The van der Waals surface area contributed by atoms with E-state index in [9.17, 15) is 4.79 Å². The van der Waals surface area contributed by atoms with E-state index < -0.39 is 6.04 Å². The molecule has 1 aliphatic rings. The van der Waals surface area contributed by atoms with Gasteiger partial charge in [-0.3, -0.25) is 0 Å². The molecule has 0 amide bonds. The van der Waals surface area contributed by atoms with Crippen LogP contribution >= 0.6 is 11.8 Å². The van der Waals surface area contributed by atoms with Crippen molar-refractivity contribution < 1.29 is 14.3 Å². The van der Waals surface area contributed by atoms with E-state index in [-0.39, 0.29) is 12.1 Å². The molecule has 0 radical (unpaired) electrons. The number of anilines is 1. The SMILES string of the molecule is CCSc1nc2n(n1)C(c1ccc(OCCc3ccccc3)cc1)C(C(=O)OC(C)C)=C(C)N2. The number of nitrogens with one attached hydrogen (secondary N) is 1. The van der Waals surface area contributed by atoms with Gasteiger partial charge in [0.1, 0.15) is 11.8 Å². The molecular weight excluding hydrogens is 448 g/mol. The van der Waals surface area contributed by atoms with Crippen LogP contribution in [-0.2, 0) is 16.0 Å². The number of carbonyl (C=O) groups is 1. The summed E-state index contributed by atoms with van der Waals surface area (Å²) >= 11 is 1.56. The second-order valence-corrected chi connectivity index (χ2v) is 9.50. The van der Waals surface area contributed by atoms with Gasteiger partial charge in [0.2, 0.25) is 11.1 Å². The first-order valence-corrected chi connectivity index (χ1v) is 12.5. The number of nitrogens with zero attached hydrogens (tertiary/aromatic N) is 3. The molecule has 3 aromatic rings. The van der Waals surface area contributed by atoms with Crippen molar-refractivity contribution in [3.8, 4) is 5.75 Å². The molecule has 34 heavy (non-hydrogen) atoms. The second-order valence-electron chi connectivity index (χ2n) is 8.27. The Morgan fingerprint density at radius 3 is 2.56 bits per heavy atom. The Kier molecular flexibility index (Phi) is 7.57. The molecule has 2 aromatic carbocycles. The summed E-state index contributed by atoms with van der Waals surface area (Å²) in [6.07, 6.45) is 0.613. The summed E-state index contributed by atoms with van der Waals surface area (Å²) in [5.74, 6) is 1.89. The number of esters is 1. The summed E-state index contributed by atoms with van der Waals surface area (Å²) in [7, 11) is 0. The molecule has 0 aliphatic carbocycles. The number of allylic oxidation sites excluding steroid dienone is 1. The summed E-state index contributed by atoms with van der Waals surface area (Å²) in [6.45, 7) is 8.21. The molecule has 1 N–H and O–H groups in total. The van der Waals surface area contributed by atoms with Crippen LogP contribution in [0.15, 0.2) is 71.0 Å².